The third kappa shape index (κ3) is 9.97. The summed E-state index contributed by atoms with van der Waals surface area (Å²) in [5.74, 6) is -1.51. The van der Waals surface area contributed by atoms with E-state index < -0.39 is 24.2 Å². The van der Waals surface area contributed by atoms with Crippen molar-refractivity contribution in [1.29, 1.82) is 0 Å². The van der Waals surface area contributed by atoms with E-state index >= 15 is 0 Å². The van der Waals surface area contributed by atoms with Crippen LogP contribution >= 0.6 is 0 Å². The van der Waals surface area contributed by atoms with Gasteiger partial charge in [-0.25, -0.2) is 0 Å². The van der Waals surface area contributed by atoms with Gasteiger partial charge in [-0.15, -0.1) is 0 Å². The standard InChI is InChI=1S/C27H51N5O5/c1-13-22(33)29-19(8)25(35)30(10)20(14-16(2)3)26(36)31(11)21(15-17(4)5)27(37)32(12)23(18(6)7)24(34)28-9/h16-21,23H,13-15H2,1-12H3,(H,28,34)(H,29,33)/t19-,20+,21+,23+/m1/s1. The van der Waals surface area contributed by atoms with Crippen molar-refractivity contribution in [2.24, 2.45) is 17.8 Å². The number of amides is 5. The molecule has 0 rings (SSSR count). The predicted octanol–water partition coefficient (Wildman–Crippen LogP) is 1.88. The van der Waals surface area contributed by atoms with Crippen LogP contribution in [-0.2, 0) is 24.0 Å². The molecule has 0 fully saturated rings. The Morgan fingerprint density at radius 2 is 1.08 bits per heavy atom. The number of nitrogens with one attached hydrogen (secondary N) is 2. The number of rotatable bonds is 14. The first-order chi connectivity index (χ1) is 17.0. The molecule has 0 aliphatic carbocycles. The average molecular weight is 526 g/mol. The van der Waals surface area contributed by atoms with Gasteiger partial charge < -0.3 is 25.3 Å². The van der Waals surface area contributed by atoms with Gasteiger partial charge in [0, 0.05) is 34.6 Å². The summed E-state index contributed by atoms with van der Waals surface area (Å²) in [5, 5.41) is 5.28. The molecule has 5 amide bonds. The monoisotopic (exact) mass is 525 g/mol. The molecule has 10 nitrogen and oxygen atoms in total. The maximum Gasteiger partial charge on any atom is 0.245 e. The summed E-state index contributed by atoms with van der Waals surface area (Å²) in [7, 11) is 6.26. The molecule has 0 heterocycles. The Morgan fingerprint density at radius 3 is 1.43 bits per heavy atom. The highest BCUT2D eigenvalue weighted by atomic mass is 16.2. The van der Waals surface area contributed by atoms with E-state index in [1.807, 2.05) is 41.5 Å². The molecule has 0 aliphatic rings. The molecule has 0 spiro atoms. The first-order valence-corrected chi connectivity index (χ1v) is 13.3. The van der Waals surface area contributed by atoms with Crippen LogP contribution in [-0.4, -0.2) is 96.6 Å². The summed E-state index contributed by atoms with van der Waals surface area (Å²) in [6, 6.07) is -3.09. The normalized spacial score (nSPS) is 14.6. The van der Waals surface area contributed by atoms with Crippen LogP contribution in [0, 0.1) is 17.8 Å². The quantitative estimate of drug-likeness (QED) is 0.359. The van der Waals surface area contributed by atoms with Crippen molar-refractivity contribution in [3.63, 3.8) is 0 Å². The van der Waals surface area contributed by atoms with Gasteiger partial charge >= 0.3 is 0 Å². The Morgan fingerprint density at radius 1 is 0.676 bits per heavy atom. The molecule has 214 valence electrons. The van der Waals surface area contributed by atoms with Gasteiger partial charge in [-0.3, -0.25) is 24.0 Å². The van der Waals surface area contributed by atoms with Crippen molar-refractivity contribution in [2.75, 3.05) is 28.2 Å². The van der Waals surface area contributed by atoms with Crippen molar-refractivity contribution in [3.8, 4) is 0 Å². The molecule has 0 aromatic rings. The summed E-state index contributed by atoms with van der Waals surface area (Å²) in [6.07, 6.45) is 1.04. The molecule has 0 saturated heterocycles. The minimum atomic E-state index is -0.814. The van der Waals surface area contributed by atoms with Gasteiger partial charge in [0.25, 0.3) is 0 Å². The molecule has 2 N–H and O–H groups in total. The minimum Gasteiger partial charge on any atom is -0.357 e. The van der Waals surface area contributed by atoms with Crippen LogP contribution in [0.25, 0.3) is 0 Å². The number of hydrogen-bond donors (Lipinski definition) is 2. The molecular weight excluding hydrogens is 474 g/mol. The Hall–Kier alpha value is -2.65. The van der Waals surface area contributed by atoms with Gasteiger partial charge in [-0.1, -0.05) is 48.5 Å². The lowest BCUT2D eigenvalue weighted by Crippen LogP contribution is -2.59. The van der Waals surface area contributed by atoms with E-state index in [1.165, 1.54) is 21.7 Å². The van der Waals surface area contributed by atoms with Crippen LogP contribution in [0.5, 0.6) is 0 Å². The van der Waals surface area contributed by atoms with E-state index in [0.29, 0.717) is 12.8 Å². The van der Waals surface area contributed by atoms with E-state index in [4.69, 9.17) is 0 Å². The fourth-order valence-corrected chi connectivity index (χ4v) is 4.44. The molecular formula is C27H51N5O5. The number of hydrogen-bond acceptors (Lipinski definition) is 5. The summed E-state index contributed by atoms with van der Waals surface area (Å²) < 4.78 is 0. The molecule has 37 heavy (non-hydrogen) atoms. The highest BCUT2D eigenvalue weighted by Gasteiger charge is 2.39. The fraction of sp³-hybridized carbons (Fsp3) is 0.815. The van der Waals surface area contributed by atoms with Crippen LogP contribution < -0.4 is 10.6 Å². The molecule has 0 radical (unpaired) electrons. The summed E-state index contributed by atoms with van der Waals surface area (Å²) >= 11 is 0. The Labute approximate surface area is 223 Å². The summed E-state index contributed by atoms with van der Waals surface area (Å²) in [6.45, 7) is 14.9. The zero-order valence-electron chi connectivity index (χ0n) is 25.0. The summed E-state index contributed by atoms with van der Waals surface area (Å²) in [4.78, 5) is 69.3. The second-order valence-electron chi connectivity index (χ2n) is 11.1. The van der Waals surface area contributed by atoms with E-state index in [0.717, 1.165) is 0 Å². The highest BCUT2D eigenvalue weighted by molar-refractivity contribution is 5.95. The molecule has 0 aliphatic heterocycles. The maximum atomic E-state index is 13.9. The van der Waals surface area contributed by atoms with E-state index in [2.05, 4.69) is 10.6 Å². The van der Waals surface area contributed by atoms with E-state index in [9.17, 15) is 24.0 Å². The van der Waals surface area contributed by atoms with Crippen LogP contribution in [0.4, 0.5) is 0 Å². The topological polar surface area (TPSA) is 119 Å². The van der Waals surface area contributed by atoms with E-state index in [1.54, 1.807) is 35.0 Å². The minimum absolute atomic E-state index is 0.0960. The Kier molecular flexibility index (Phi) is 14.5. The molecule has 0 bridgehead atoms. The Bertz CT molecular complexity index is 798. The lowest BCUT2D eigenvalue weighted by molar-refractivity contribution is -0.153. The Balaban J connectivity index is 6.20. The van der Waals surface area contributed by atoms with Crippen molar-refractivity contribution >= 4 is 29.5 Å². The molecule has 0 unspecified atom stereocenters. The first-order valence-electron chi connectivity index (χ1n) is 13.3. The van der Waals surface area contributed by atoms with Gasteiger partial charge in [-0.2, -0.15) is 0 Å². The number of carbonyl (C=O) groups excluding carboxylic acids is 5. The predicted molar refractivity (Wildman–Crippen MR) is 145 cm³/mol. The van der Waals surface area contributed by atoms with Gasteiger partial charge in [-0.05, 0) is 37.5 Å². The van der Waals surface area contributed by atoms with Crippen LogP contribution in [0.15, 0.2) is 0 Å². The zero-order chi connectivity index (χ0) is 29.2. The first kappa shape index (κ1) is 34.4. The number of nitrogens with zero attached hydrogens (tertiary/aromatic N) is 3. The van der Waals surface area contributed by atoms with Crippen molar-refractivity contribution in [1.82, 2.24) is 25.3 Å². The SMILES string of the molecule is CCC(=O)N[C@H](C)C(=O)N(C)[C@@H](CC(C)C)C(=O)N(C)[C@@H](CC(C)C)C(=O)N(C)[C@H](C(=O)NC)C(C)C. The third-order valence-corrected chi connectivity index (χ3v) is 6.57. The third-order valence-electron chi connectivity index (χ3n) is 6.57. The molecule has 10 heteroatoms. The maximum absolute atomic E-state index is 13.9. The van der Waals surface area contributed by atoms with Gasteiger partial charge in [0.05, 0.1) is 0 Å². The van der Waals surface area contributed by atoms with Crippen molar-refractivity contribution in [2.45, 2.75) is 98.8 Å². The number of carbonyl (C=O) groups is 5. The molecule has 0 aromatic heterocycles. The highest BCUT2D eigenvalue weighted by Crippen LogP contribution is 2.21. The smallest absolute Gasteiger partial charge is 0.245 e. The van der Waals surface area contributed by atoms with Crippen LogP contribution in [0.3, 0.4) is 0 Å². The zero-order valence-corrected chi connectivity index (χ0v) is 25.0. The molecule has 0 saturated carbocycles. The van der Waals surface area contributed by atoms with Gasteiger partial charge in [0.1, 0.15) is 24.2 Å². The second kappa shape index (κ2) is 15.6. The number of likely N-dealkylation sites (N-methyl/N-ethyl adjacent to an activating group) is 4. The average Bonchev–Trinajstić information content (AvgIpc) is 2.82. The second-order valence-corrected chi connectivity index (χ2v) is 11.1. The van der Waals surface area contributed by atoms with Gasteiger partial charge in [0.2, 0.25) is 29.5 Å². The lowest BCUT2D eigenvalue weighted by Gasteiger charge is -2.39. The fourth-order valence-electron chi connectivity index (χ4n) is 4.44. The largest absolute Gasteiger partial charge is 0.357 e. The van der Waals surface area contributed by atoms with E-state index in [-0.39, 0.29) is 53.7 Å². The van der Waals surface area contributed by atoms with Crippen molar-refractivity contribution < 1.29 is 24.0 Å². The molecule has 0 aromatic carbocycles. The van der Waals surface area contributed by atoms with Crippen molar-refractivity contribution in [3.05, 3.63) is 0 Å². The van der Waals surface area contributed by atoms with Crippen LogP contribution in [0.2, 0.25) is 0 Å². The lowest BCUT2D eigenvalue weighted by atomic mass is 9.96. The van der Waals surface area contributed by atoms with Crippen LogP contribution in [0.1, 0.15) is 74.7 Å². The van der Waals surface area contributed by atoms with Gasteiger partial charge in [0.15, 0.2) is 0 Å². The molecule has 4 atom stereocenters. The summed E-state index contributed by atoms with van der Waals surface area (Å²) in [5.41, 5.74) is 0.